The SMILES string of the molecule is CC1(C)S[C@@H]2C(Br)C(=O)N2[C@H]1C(=O)OCc1ccccc1[N+](=O)[O-]. The zero-order valence-corrected chi connectivity index (χ0v) is 15.4. The first-order valence-electron chi connectivity index (χ1n) is 7.27. The van der Waals surface area contributed by atoms with Gasteiger partial charge in [-0.3, -0.25) is 14.9 Å². The molecule has 128 valence electrons. The van der Waals surface area contributed by atoms with E-state index < -0.39 is 21.7 Å². The van der Waals surface area contributed by atoms with Gasteiger partial charge in [-0.2, -0.15) is 0 Å². The first-order valence-corrected chi connectivity index (χ1v) is 9.06. The van der Waals surface area contributed by atoms with E-state index >= 15 is 0 Å². The number of nitro groups is 1. The molecular weight excluding hydrogens is 400 g/mol. The fourth-order valence-electron chi connectivity index (χ4n) is 2.99. The zero-order chi connectivity index (χ0) is 17.6. The van der Waals surface area contributed by atoms with Crippen molar-refractivity contribution >= 4 is 45.3 Å². The molecule has 0 saturated carbocycles. The van der Waals surface area contributed by atoms with Crippen LogP contribution in [0.3, 0.4) is 0 Å². The molecule has 1 amide bonds. The maximum absolute atomic E-state index is 12.5. The van der Waals surface area contributed by atoms with Crippen LogP contribution >= 0.6 is 27.7 Å². The summed E-state index contributed by atoms with van der Waals surface area (Å²) in [4.78, 5) is 36.3. The fraction of sp³-hybridized carbons (Fsp3) is 0.467. The van der Waals surface area contributed by atoms with Gasteiger partial charge < -0.3 is 9.64 Å². The number of rotatable bonds is 4. The van der Waals surface area contributed by atoms with Gasteiger partial charge in [-0.15, -0.1) is 11.8 Å². The minimum Gasteiger partial charge on any atom is -0.459 e. The van der Waals surface area contributed by atoms with Gasteiger partial charge in [-0.1, -0.05) is 28.1 Å². The number of β-lactam (4-membered cyclic amide) rings is 1. The Morgan fingerprint density at radius 1 is 1.46 bits per heavy atom. The number of thioether (sulfide) groups is 1. The summed E-state index contributed by atoms with van der Waals surface area (Å²) in [5.74, 6) is -0.674. The quantitative estimate of drug-likeness (QED) is 0.247. The molecule has 1 unspecified atom stereocenters. The van der Waals surface area contributed by atoms with Gasteiger partial charge in [0.2, 0.25) is 5.91 Å². The summed E-state index contributed by atoms with van der Waals surface area (Å²) in [7, 11) is 0. The number of amides is 1. The van der Waals surface area contributed by atoms with E-state index in [1.54, 1.807) is 30.0 Å². The number of nitrogens with zero attached hydrogens (tertiary/aromatic N) is 2. The number of para-hydroxylation sites is 1. The average molecular weight is 415 g/mol. The highest BCUT2D eigenvalue weighted by Gasteiger charge is 2.63. The normalized spacial score (nSPS) is 27.4. The Balaban J connectivity index is 1.74. The second-order valence-corrected chi connectivity index (χ2v) is 8.91. The van der Waals surface area contributed by atoms with Crippen LogP contribution in [0.25, 0.3) is 0 Å². The molecule has 2 fully saturated rings. The molecule has 2 aliphatic rings. The van der Waals surface area contributed by atoms with Crippen LogP contribution in [0, 0.1) is 10.1 Å². The van der Waals surface area contributed by atoms with Crippen molar-refractivity contribution in [2.75, 3.05) is 0 Å². The summed E-state index contributed by atoms with van der Waals surface area (Å²) >= 11 is 4.87. The number of alkyl halides is 1. The Kier molecular flexibility index (Phi) is 4.33. The minimum atomic E-state index is -0.698. The third-order valence-electron chi connectivity index (χ3n) is 4.16. The van der Waals surface area contributed by atoms with E-state index in [0.29, 0.717) is 5.56 Å². The van der Waals surface area contributed by atoms with Crippen molar-refractivity contribution in [1.82, 2.24) is 4.90 Å². The van der Waals surface area contributed by atoms with Crippen molar-refractivity contribution in [3.8, 4) is 0 Å². The Labute approximate surface area is 151 Å². The Bertz CT molecular complexity index is 726. The number of hydrogen-bond donors (Lipinski definition) is 0. The summed E-state index contributed by atoms with van der Waals surface area (Å²) in [5.41, 5.74) is 0.230. The highest BCUT2D eigenvalue weighted by Crippen LogP contribution is 2.53. The van der Waals surface area contributed by atoms with E-state index in [9.17, 15) is 19.7 Å². The molecule has 1 aromatic carbocycles. The lowest BCUT2D eigenvalue weighted by atomic mass is 9.98. The van der Waals surface area contributed by atoms with Crippen molar-refractivity contribution in [2.24, 2.45) is 0 Å². The number of halogens is 1. The summed E-state index contributed by atoms with van der Waals surface area (Å²) in [6.45, 7) is 3.58. The average Bonchev–Trinajstić information content (AvgIpc) is 2.81. The van der Waals surface area contributed by atoms with Crippen LogP contribution < -0.4 is 0 Å². The molecule has 2 heterocycles. The summed E-state index contributed by atoms with van der Waals surface area (Å²) in [6, 6.07) is 5.42. The molecule has 0 aromatic heterocycles. The van der Waals surface area contributed by atoms with Crippen LogP contribution in [0.1, 0.15) is 19.4 Å². The van der Waals surface area contributed by atoms with E-state index in [1.165, 1.54) is 11.0 Å². The molecule has 2 saturated heterocycles. The lowest BCUT2D eigenvalue weighted by molar-refractivity contribution is -0.385. The lowest BCUT2D eigenvalue weighted by Crippen LogP contribution is -2.63. The molecule has 24 heavy (non-hydrogen) atoms. The maximum Gasteiger partial charge on any atom is 0.330 e. The second kappa shape index (κ2) is 6.03. The van der Waals surface area contributed by atoms with Gasteiger partial charge in [0.1, 0.15) is 22.8 Å². The highest BCUT2D eigenvalue weighted by molar-refractivity contribution is 9.10. The summed E-state index contributed by atoms with van der Waals surface area (Å²) in [5, 5.41) is 10.9. The molecule has 2 aliphatic heterocycles. The molecular formula is C15H15BrN2O5S. The summed E-state index contributed by atoms with van der Waals surface area (Å²) < 4.78 is 4.83. The Morgan fingerprint density at radius 3 is 2.79 bits per heavy atom. The molecule has 9 heteroatoms. The van der Waals surface area contributed by atoms with Gasteiger partial charge in [-0.05, 0) is 19.9 Å². The van der Waals surface area contributed by atoms with E-state index in [-0.39, 0.29) is 28.4 Å². The number of ether oxygens (including phenoxy) is 1. The first-order chi connectivity index (χ1) is 11.2. The van der Waals surface area contributed by atoms with Gasteiger partial charge in [0.05, 0.1) is 10.5 Å². The highest BCUT2D eigenvalue weighted by atomic mass is 79.9. The molecule has 3 rings (SSSR count). The minimum absolute atomic E-state index is 0.0869. The van der Waals surface area contributed by atoms with Crippen LogP contribution in [0.5, 0.6) is 0 Å². The largest absolute Gasteiger partial charge is 0.459 e. The number of hydrogen-bond acceptors (Lipinski definition) is 6. The van der Waals surface area contributed by atoms with Gasteiger partial charge in [0.15, 0.2) is 0 Å². The monoisotopic (exact) mass is 414 g/mol. The number of carbonyl (C=O) groups is 2. The predicted octanol–water partition coefficient (Wildman–Crippen LogP) is 2.46. The predicted molar refractivity (Wildman–Crippen MR) is 91.7 cm³/mol. The van der Waals surface area contributed by atoms with Crippen molar-refractivity contribution in [3.63, 3.8) is 0 Å². The number of nitro benzene ring substituents is 1. The number of fused-ring (bicyclic) bond motifs is 1. The maximum atomic E-state index is 12.5. The van der Waals surface area contributed by atoms with Gasteiger partial charge >= 0.3 is 5.97 Å². The second-order valence-electron chi connectivity index (χ2n) is 6.16. The molecule has 1 aromatic rings. The van der Waals surface area contributed by atoms with Gasteiger partial charge in [0.25, 0.3) is 5.69 Å². The van der Waals surface area contributed by atoms with Crippen LogP contribution in [0.4, 0.5) is 5.69 Å². The Hall–Kier alpha value is -1.61. The molecule has 0 aliphatic carbocycles. The molecule has 3 atom stereocenters. The topological polar surface area (TPSA) is 89.8 Å². The van der Waals surface area contributed by atoms with Crippen molar-refractivity contribution < 1.29 is 19.2 Å². The lowest BCUT2D eigenvalue weighted by Gasteiger charge is -2.41. The molecule has 0 spiro atoms. The Morgan fingerprint density at radius 2 is 2.12 bits per heavy atom. The standard InChI is InChI=1S/C15H15BrN2O5S/c1-15(2)11(17-12(19)10(16)13(17)24-15)14(20)23-7-8-5-3-4-6-9(8)18(21)22/h3-6,10-11,13H,7H2,1-2H3/t10?,11-,13+/m0/s1. The molecule has 0 N–H and O–H groups in total. The summed E-state index contributed by atoms with van der Waals surface area (Å²) in [6.07, 6.45) is 0. The first kappa shape index (κ1) is 17.2. The van der Waals surface area contributed by atoms with Crippen molar-refractivity contribution in [1.29, 1.82) is 0 Å². The van der Waals surface area contributed by atoms with E-state index in [4.69, 9.17) is 4.74 Å². The number of carbonyl (C=O) groups excluding carboxylic acids is 2. The van der Waals surface area contributed by atoms with Crippen molar-refractivity contribution in [3.05, 3.63) is 39.9 Å². The van der Waals surface area contributed by atoms with Crippen LogP contribution in [0.2, 0.25) is 0 Å². The van der Waals surface area contributed by atoms with Crippen LogP contribution in [0.15, 0.2) is 24.3 Å². The third-order valence-corrected chi connectivity index (χ3v) is 6.97. The number of benzene rings is 1. The fourth-order valence-corrected chi connectivity index (χ4v) is 5.34. The van der Waals surface area contributed by atoms with Crippen LogP contribution in [-0.4, -0.2) is 42.7 Å². The van der Waals surface area contributed by atoms with Gasteiger partial charge in [0, 0.05) is 10.8 Å². The van der Waals surface area contributed by atoms with E-state index in [2.05, 4.69) is 15.9 Å². The molecule has 7 nitrogen and oxygen atoms in total. The van der Waals surface area contributed by atoms with Crippen LogP contribution in [-0.2, 0) is 20.9 Å². The number of esters is 1. The zero-order valence-electron chi connectivity index (χ0n) is 13.0. The molecule has 0 radical (unpaired) electrons. The molecule has 0 bridgehead atoms. The smallest absolute Gasteiger partial charge is 0.330 e. The van der Waals surface area contributed by atoms with E-state index in [0.717, 1.165) is 0 Å². The third kappa shape index (κ3) is 2.69. The van der Waals surface area contributed by atoms with Crippen molar-refractivity contribution in [2.45, 2.75) is 41.4 Å². The van der Waals surface area contributed by atoms with Gasteiger partial charge in [-0.25, -0.2) is 4.79 Å². The van der Waals surface area contributed by atoms with E-state index in [1.807, 2.05) is 13.8 Å².